The topological polar surface area (TPSA) is 57.6 Å². The van der Waals surface area contributed by atoms with E-state index in [1.54, 1.807) is 0 Å². The Balaban J connectivity index is 2.44. The van der Waals surface area contributed by atoms with Gasteiger partial charge in [-0.25, -0.2) is 12.8 Å². The summed E-state index contributed by atoms with van der Waals surface area (Å²) in [7, 11) is -3.65. The van der Waals surface area contributed by atoms with Crippen LogP contribution in [0.25, 0.3) is 0 Å². The summed E-state index contributed by atoms with van der Waals surface area (Å²) in [6, 6.07) is 2.65. The smallest absolute Gasteiger partial charge is 0.243 e. The van der Waals surface area contributed by atoms with Gasteiger partial charge in [0.15, 0.2) is 0 Å². The number of halogens is 1. The first-order chi connectivity index (χ1) is 9.77. The van der Waals surface area contributed by atoms with Gasteiger partial charge in [0.2, 0.25) is 10.0 Å². The largest absolute Gasteiger partial charge is 0.392 e. The first-order valence-electron chi connectivity index (χ1n) is 7.19. The van der Waals surface area contributed by atoms with Gasteiger partial charge in [0.1, 0.15) is 5.82 Å². The third-order valence-corrected chi connectivity index (χ3v) is 5.48. The average molecular weight is 315 g/mol. The molecular weight excluding hydrogens is 293 g/mol. The van der Waals surface area contributed by atoms with Gasteiger partial charge < -0.3 is 5.11 Å². The van der Waals surface area contributed by atoms with Gasteiger partial charge in [-0.15, -0.1) is 0 Å². The van der Waals surface area contributed by atoms with Crippen LogP contribution in [0.3, 0.4) is 0 Å². The number of aliphatic hydroxyl groups excluding tert-OH is 1. The highest BCUT2D eigenvalue weighted by molar-refractivity contribution is 7.89. The minimum atomic E-state index is -3.65. The van der Waals surface area contributed by atoms with E-state index in [0.29, 0.717) is 6.54 Å². The summed E-state index contributed by atoms with van der Waals surface area (Å²) in [6.07, 6.45) is 1.75. The summed E-state index contributed by atoms with van der Waals surface area (Å²) in [5, 5.41) is 9.19. The van der Waals surface area contributed by atoms with E-state index >= 15 is 0 Å². The highest BCUT2D eigenvalue weighted by atomic mass is 32.2. The highest BCUT2D eigenvalue weighted by Gasteiger charge is 2.38. The lowest BCUT2D eigenvalue weighted by Crippen LogP contribution is -2.36. The molecule has 1 aliphatic rings. The van der Waals surface area contributed by atoms with Gasteiger partial charge in [0.25, 0.3) is 0 Å². The van der Waals surface area contributed by atoms with Crippen LogP contribution in [-0.2, 0) is 16.6 Å². The molecule has 1 fully saturated rings. The Morgan fingerprint density at radius 1 is 1.38 bits per heavy atom. The quantitative estimate of drug-likeness (QED) is 0.877. The zero-order valence-electron chi connectivity index (χ0n) is 12.6. The Bertz CT molecular complexity index is 624. The van der Waals surface area contributed by atoms with Crippen LogP contribution < -0.4 is 0 Å². The average Bonchev–Trinajstić information content (AvgIpc) is 3.22. The standard InChI is InChI=1S/C15H22FNO3S/c1-10(2)8-17(13-4-5-13)21(19,20)14-6-11(3)15(16)12(7-14)9-18/h6-7,10,13,18H,4-5,8-9H2,1-3H3. The van der Waals surface area contributed by atoms with Gasteiger partial charge in [-0.2, -0.15) is 4.31 Å². The molecule has 0 aromatic heterocycles. The Kier molecular flexibility index (Phi) is 4.70. The van der Waals surface area contributed by atoms with Gasteiger partial charge in [-0.05, 0) is 43.4 Å². The molecule has 0 unspecified atom stereocenters. The minimum Gasteiger partial charge on any atom is -0.392 e. The fraction of sp³-hybridized carbons (Fsp3) is 0.600. The highest BCUT2D eigenvalue weighted by Crippen LogP contribution is 2.33. The molecule has 0 saturated heterocycles. The molecule has 2 rings (SSSR count). The normalized spacial score (nSPS) is 16.0. The molecule has 1 aliphatic carbocycles. The molecule has 1 saturated carbocycles. The zero-order valence-corrected chi connectivity index (χ0v) is 13.5. The molecule has 0 radical (unpaired) electrons. The predicted molar refractivity (Wildman–Crippen MR) is 78.8 cm³/mol. The van der Waals surface area contributed by atoms with Crippen molar-refractivity contribution in [2.75, 3.05) is 6.54 Å². The maximum atomic E-state index is 13.8. The lowest BCUT2D eigenvalue weighted by molar-refractivity contribution is 0.275. The molecule has 0 aliphatic heterocycles. The van der Waals surface area contributed by atoms with Crippen LogP contribution in [-0.4, -0.2) is 30.4 Å². The van der Waals surface area contributed by atoms with E-state index in [4.69, 9.17) is 0 Å². The second kappa shape index (κ2) is 6.02. The van der Waals surface area contributed by atoms with Crippen molar-refractivity contribution in [3.05, 3.63) is 29.1 Å². The Morgan fingerprint density at radius 3 is 2.48 bits per heavy atom. The van der Waals surface area contributed by atoms with E-state index < -0.39 is 22.4 Å². The molecule has 0 heterocycles. The third kappa shape index (κ3) is 3.44. The number of aryl methyl sites for hydroxylation is 1. The van der Waals surface area contributed by atoms with Crippen LogP contribution in [0, 0.1) is 18.7 Å². The predicted octanol–water partition coefficient (Wildman–Crippen LogP) is 2.44. The van der Waals surface area contributed by atoms with E-state index in [1.807, 2.05) is 13.8 Å². The van der Waals surface area contributed by atoms with Crippen LogP contribution in [0.15, 0.2) is 17.0 Å². The summed E-state index contributed by atoms with van der Waals surface area (Å²) >= 11 is 0. The molecule has 6 heteroatoms. The van der Waals surface area contributed by atoms with Gasteiger partial charge in [0.05, 0.1) is 11.5 Å². The second-order valence-corrected chi connectivity index (χ2v) is 7.96. The van der Waals surface area contributed by atoms with Crippen LogP contribution in [0.2, 0.25) is 0 Å². The van der Waals surface area contributed by atoms with Crippen molar-refractivity contribution in [3.8, 4) is 0 Å². The monoisotopic (exact) mass is 315 g/mol. The molecule has 1 aromatic carbocycles. The summed E-state index contributed by atoms with van der Waals surface area (Å²) in [5.41, 5.74) is 0.259. The van der Waals surface area contributed by atoms with Crippen molar-refractivity contribution in [3.63, 3.8) is 0 Å². The zero-order chi connectivity index (χ0) is 15.8. The van der Waals surface area contributed by atoms with E-state index in [2.05, 4.69) is 0 Å². The van der Waals surface area contributed by atoms with Crippen molar-refractivity contribution in [2.24, 2.45) is 5.92 Å². The first kappa shape index (κ1) is 16.4. The fourth-order valence-corrected chi connectivity index (χ4v) is 4.36. The Hall–Kier alpha value is -0.980. The molecule has 1 N–H and O–H groups in total. The van der Waals surface area contributed by atoms with Crippen molar-refractivity contribution in [1.82, 2.24) is 4.31 Å². The summed E-state index contributed by atoms with van der Waals surface area (Å²) in [4.78, 5) is 0.0676. The number of hydrogen-bond acceptors (Lipinski definition) is 3. The van der Waals surface area contributed by atoms with Crippen LogP contribution >= 0.6 is 0 Å². The molecular formula is C15H22FNO3S. The molecule has 0 bridgehead atoms. The molecule has 21 heavy (non-hydrogen) atoms. The molecule has 118 valence electrons. The first-order valence-corrected chi connectivity index (χ1v) is 8.63. The number of rotatable bonds is 6. The Morgan fingerprint density at radius 2 is 2.00 bits per heavy atom. The fourth-order valence-electron chi connectivity index (χ4n) is 2.37. The maximum Gasteiger partial charge on any atom is 0.243 e. The van der Waals surface area contributed by atoms with Gasteiger partial charge >= 0.3 is 0 Å². The molecule has 0 spiro atoms. The van der Waals surface area contributed by atoms with E-state index in [1.165, 1.54) is 23.4 Å². The van der Waals surface area contributed by atoms with E-state index in [-0.39, 0.29) is 28.0 Å². The number of sulfonamides is 1. The summed E-state index contributed by atoms with van der Waals surface area (Å²) in [6.45, 7) is 5.40. The molecule has 1 aromatic rings. The van der Waals surface area contributed by atoms with Crippen molar-refractivity contribution >= 4 is 10.0 Å². The van der Waals surface area contributed by atoms with Crippen LogP contribution in [0.1, 0.15) is 37.8 Å². The maximum absolute atomic E-state index is 13.8. The SMILES string of the molecule is Cc1cc(S(=O)(=O)N(CC(C)C)C2CC2)cc(CO)c1F. The second-order valence-electron chi connectivity index (χ2n) is 6.07. The van der Waals surface area contributed by atoms with Gasteiger partial charge in [0, 0.05) is 18.2 Å². The lowest BCUT2D eigenvalue weighted by Gasteiger charge is -2.24. The van der Waals surface area contributed by atoms with Crippen molar-refractivity contribution in [1.29, 1.82) is 0 Å². The molecule has 0 amide bonds. The number of aliphatic hydroxyl groups is 1. The number of nitrogens with zero attached hydrogens (tertiary/aromatic N) is 1. The Labute approximate surface area is 125 Å². The van der Waals surface area contributed by atoms with E-state index in [9.17, 15) is 17.9 Å². The number of benzene rings is 1. The number of hydrogen-bond donors (Lipinski definition) is 1. The minimum absolute atomic E-state index is 0.0221. The van der Waals surface area contributed by atoms with Gasteiger partial charge in [-0.3, -0.25) is 0 Å². The third-order valence-electron chi connectivity index (χ3n) is 3.58. The van der Waals surface area contributed by atoms with Gasteiger partial charge in [-0.1, -0.05) is 13.8 Å². The van der Waals surface area contributed by atoms with Crippen LogP contribution in [0.4, 0.5) is 4.39 Å². The summed E-state index contributed by atoms with van der Waals surface area (Å²) < 4.78 is 40.9. The van der Waals surface area contributed by atoms with E-state index in [0.717, 1.165) is 12.8 Å². The lowest BCUT2D eigenvalue weighted by atomic mass is 10.1. The summed E-state index contributed by atoms with van der Waals surface area (Å²) in [5.74, 6) is -0.322. The molecule has 0 atom stereocenters. The van der Waals surface area contributed by atoms with Crippen LogP contribution in [0.5, 0.6) is 0 Å². The van der Waals surface area contributed by atoms with Crippen molar-refractivity contribution < 1.29 is 17.9 Å². The van der Waals surface area contributed by atoms with Crippen molar-refractivity contribution in [2.45, 2.75) is 51.2 Å². The molecule has 4 nitrogen and oxygen atoms in total.